The molecule has 0 saturated heterocycles. The lowest BCUT2D eigenvalue weighted by molar-refractivity contribution is -0.111. The number of H-pyrrole nitrogens is 1. The van der Waals surface area contributed by atoms with Gasteiger partial charge in [-0.25, -0.2) is 9.37 Å². The maximum absolute atomic E-state index is 13.6. The first-order valence-corrected chi connectivity index (χ1v) is 8.87. The Kier molecular flexibility index (Phi) is 4.72. The molecule has 2 N–H and O–H groups in total. The van der Waals surface area contributed by atoms with E-state index in [0.717, 1.165) is 27.7 Å². The number of anilines is 1. The summed E-state index contributed by atoms with van der Waals surface area (Å²) in [7, 11) is 0. The number of pyridine rings is 1. The molecule has 4 nitrogen and oxygen atoms in total. The molecule has 5 heteroatoms. The van der Waals surface area contributed by atoms with Gasteiger partial charge in [-0.3, -0.25) is 4.79 Å². The van der Waals surface area contributed by atoms with E-state index in [1.807, 2.05) is 42.7 Å². The normalized spacial score (nSPS) is 11.2. The number of benzene rings is 2. The van der Waals surface area contributed by atoms with E-state index in [0.29, 0.717) is 11.3 Å². The number of carbonyl (C=O) groups excluding carboxylic acids is 1. The van der Waals surface area contributed by atoms with E-state index in [-0.39, 0.29) is 11.7 Å². The van der Waals surface area contributed by atoms with Crippen LogP contribution in [-0.2, 0) is 4.79 Å². The number of aryl methyl sites for hydroxylation is 1. The van der Waals surface area contributed by atoms with Crippen molar-refractivity contribution in [2.75, 3.05) is 5.32 Å². The molecule has 0 unspecified atom stereocenters. The number of fused-ring (bicyclic) bond motifs is 1. The number of hydrogen-bond donors (Lipinski definition) is 2. The molecule has 4 rings (SSSR count). The molecule has 2 aromatic carbocycles. The second-order valence-corrected chi connectivity index (χ2v) is 6.55. The lowest BCUT2D eigenvalue weighted by Crippen LogP contribution is -2.08. The van der Waals surface area contributed by atoms with Gasteiger partial charge in [0, 0.05) is 35.1 Å². The number of halogens is 1. The molecule has 0 bridgehead atoms. The van der Waals surface area contributed by atoms with Crippen molar-refractivity contribution in [1.82, 2.24) is 9.97 Å². The predicted octanol–water partition coefficient (Wildman–Crippen LogP) is 5.33. The summed E-state index contributed by atoms with van der Waals surface area (Å²) < 4.78 is 13.6. The number of rotatable bonds is 4. The van der Waals surface area contributed by atoms with Crippen LogP contribution in [0.15, 0.2) is 73.1 Å². The first-order chi connectivity index (χ1) is 13.6. The van der Waals surface area contributed by atoms with Gasteiger partial charge in [0.1, 0.15) is 11.5 Å². The van der Waals surface area contributed by atoms with Crippen LogP contribution < -0.4 is 5.32 Å². The number of hydrogen-bond acceptors (Lipinski definition) is 2. The van der Waals surface area contributed by atoms with Crippen LogP contribution in [-0.4, -0.2) is 15.9 Å². The summed E-state index contributed by atoms with van der Waals surface area (Å²) in [6, 6.07) is 16.5. The monoisotopic (exact) mass is 371 g/mol. The van der Waals surface area contributed by atoms with Crippen molar-refractivity contribution in [1.29, 1.82) is 0 Å². The maximum atomic E-state index is 13.6. The highest BCUT2D eigenvalue weighted by Gasteiger charge is 2.04. The number of carbonyl (C=O) groups is 1. The molecule has 0 radical (unpaired) electrons. The fourth-order valence-corrected chi connectivity index (χ4v) is 2.95. The van der Waals surface area contributed by atoms with Crippen molar-refractivity contribution in [3.8, 4) is 11.1 Å². The van der Waals surface area contributed by atoms with Crippen LogP contribution in [0.5, 0.6) is 0 Å². The summed E-state index contributed by atoms with van der Waals surface area (Å²) in [5.41, 5.74) is 4.72. The van der Waals surface area contributed by atoms with Gasteiger partial charge < -0.3 is 10.3 Å². The topological polar surface area (TPSA) is 57.8 Å². The largest absolute Gasteiger partial charge is 0.346 e. The first-order valence-electron chi connectivity index (χ1n) is 8.87. The van der Waals surface area contributed by atoms with E-state index in [9.17, 15) is 9.18 Å². The average molecular weight is 371 g/mol. The minimum Gasteiger partial charge on any atom is -0.346 e. The van der Waals surface area contributed by atoms with Crippen molar-refractivity contribution >= 4 is 28.7 Å². The Morgan fingerprint density at radius 3 is 2.86 bits per heavy atom. The molecule has 4 aromatic rings. The third-order valence-electron chi connectivity index (χ3n) is 4.49. The summed E-state index contributed by atoms with van der Waals surface area (Å²) in [6.07, 6.45) is 6.84. The van der Waals surface area contributed by atoms with Gasteiger partial charge in [-0.05, 0) is 60.0 Å². The molecule has 2 aromatic heterocycles. The van der Waals surface area contributed by atoms with Crippen molar-refractivity contribution < 1.29 is 9.18 Å². The van der Waals surface area contributed by atoms with Gasteiger partial charge in [-0.1, -0.05) is 24.3 Å². The quantitative estimate of drug-likeness (QED) is 0.477. The van der Waals surface area contributed by atoms with Gasteiger partial charge in [0.2, 0.25) is 5.91 Å². The van der Waals surface area contributed by atoms with Crippen LogP contribution in [0.25, 0.3) is 28.2 Å². The van der Waals surface area contributed by atoms with E-state index in [4.69, 9.17) is 0 Å². The molecule has 138 valence electrons. The highest BCUT2D eigenvalue weighted by Crippen LogP contribution is 2.23. The fourth-order valence-electron chi connectivity index (χ4n) is 2.95. The van der Waals surface area contributed by atoms with E-state index in [1.165, 1.54) is 12.1 Å². The lowest BCUT2D eigenvalue weighted by atomic mass is 10.0. The van der Waals surface area contributed by atoms with Crippen molar-refractivity contribution in [2.45, 2.75) is 6.92 Å². The molecular formula is C23H18FN3O. The Hall–Kier alpha value is -3.73. The molecule has 0 aliphatic heterocycles. The second-order valence-electron chi connectivity index (χ2n) is 6.55. The molecule has 0 spiro atoms. The molecule has 0 aliphatic rings. The Labute approximate surface area is 161 Å². The minimum absolute atomic E-state index is 0.316. The van der Waals surface area contributed by atoms with Gasteiger partial charge >= 0.3 is 0 Å². The van der Waals surface area contributed by atoms with E-state index in [1.54, 1.807) is 25.1 Å². The predicted molar refractivity (Wildman–Crippen MR) is 110 cm³/mol. The zero-order valence-corrected chi connectivity index (χ0v) is 15.2. The number of aromatic amines is 1. The van der Waals surface area contributed by atoms with E-state index < -0.39 is 0 Å². The molecule has 0 aliphatic carbocycles. The standard InChI is InChI=1S/C23H18FN3O/c1-15-5-7-20(13-21(15)24)27-22(28)8-6-16-3-2-4-17(11-16)19-12-18-9-10-25-23(18)26-14-19/h2-14H,1H3,(H,25,26)(H,27,28). The average Bonchev–Trinajstić information content (AvgIpc) is 3.17. The Bertz CT molecular complexity index is 1190. The van der Waals surface area contributed by atoms with Crippen molar-refractivity contribution in [2.24, 2.45) is 0 Å². The number of nitrogens with zero attached hydrogens (tertiary/aromatic N) is 1. The van der Waals surface area contributed by atoms with Gasteiger partial charge in [0.25, 0.3) is 0 Å². The third kappa shape index (κ3) is 3.83. The van der Waals surface area contributed by atoms with Crippen LogP contribution in [0.3, 0.4) is 0 Å². The fraction of sp³-hybridized carbons (Fsp3) is 0.0435. The van der Waals surface area contributed by atoms with Gasteiger partial charge in [-0.15, -0.1) is 0 Å². The zero-order chi connectivity index (χ0) is 19.5. The minimum atomic E-state index is -0.345. The van der Waals surface area contributed by atoms with Crippen LogP contribution in [0.1, 0.15) is 11.1 Å². The lowest BCUT2D eigenvalue weighted by Gasteiger charge is -2.04. The van der Waals surface area contributed by atoms with Crippen LogP contribution >= 0.6 is 0 Å². The molecule has 1 amide bonds. The summed E-state index contributed by atoms with van der Waals surface area (Å²) in [4.78, 5) is 19.6. The van der Waals surface area contributed by atoms with Gasteiger partial charge in [0.15, 0.2) is 0 Å². The molecular weight excluding hydrogens is 353 g/mol. The SMILES string of the molecule is Cc1ccc(NC(=O)C=Cc2cccc(-c3cnc4[nH]ccc4c3)c2)cc1F. The Morgan fingerprint density at radius 1 is 1.11 bits per heavy atom. The smallest absolute Gasteiger partial charge is 0.248 e. The highest BCUT2D eigenvalue weighted by molar-refractivity contribution is 6.02. The highest BCUT2D eigenvalue weighted by atomic mass is 19.1. The third-order valence-corrected chi connectivity index (χ3v) is 4.49. The molecule has 0 fully saturated rings. The van der Waals surface area contributed by atoms with E-state index in [2.05, 4.69) is 21.4 Å². The number of aromatic nitrogens is 2. The van der Waals surface area contributed by atoms with Crippen LogP contribution in [0.4, 0.5) is 10.1 Å². The summed E-state index contributed by atoms with van der Waals surface area (Å²) in [5, 5.41) is 3.71. The Balaban J connectivity index is 1.50. The summed E-state index contributed by atoms with van der Waals surface area (Å²) in [6.45, 7) is 1.68. The van der Waals surface area contributed by atoms with Crippen LogP contribution in [0, 0.1) is 12.7 Å². The van der Waals surface area contributed by atoms with Gasteiger partial charge in [0.05, 0.1) is 0 Å². The zero-order valence-electron chi connectivity index (χ0n) is 15.2. The Morgan fingerprint density at radius 2 is 2.00 bits per heavy atom. The molecule has 28 heavy (non-hydrogen) atoms. The van der Waals surface area contributed by atoms with Gasteiger partial charge in [-0.2, -0.15) is 0 Å². The summed E-state index contributed by atoms with van der Waals surface area (Å²) in [5.74, 6) is -0.661. The second kappa shape index (κ2) is 7.48. The maximum Gasteiger partial charge on any atom is 0.248 e. The number of nitrogens with one attached hydrogen (secondary N) is 2. The molecule has 0 saturated carbocycles. The first kappa shape index (κ1) is 17.7. The summed E-state index contributed by atoms with van der Waals surface area (Å²) >= 11 is 0. The molecule has 2 heterocycles. The molecule has 0 atom stereocenters. The van der Waals surface area contributed by atoms with Crippen molar-refractivity contribution in [3.63, 3.8) is 0 Å². The van der Waals surface area contributed by atoms with E-state index >= 15 is 0 Å². The number of amides is 1. The van der Waals surface area contributed by atoms with Crippen LogP contribution in [0.2, 0.25) is 0 Å². The van der Waals surface area contributed by atoms with Crippen molar-refractivity contribution in [3.05, 3.63) is 90.0 Å².